The third kappa shape index (κ3) is 2.83. The molecular formula is C18H23NO5S. The summed E-state index contributed by atoms with van der Waals surface area (Å²) >= 11 is 0. The van der Waals surface area contributed by atoms with Crippen LogP contribution in [0.1, 0.15) is 30.4 Å². The second-order valence-corrected chi connectivity index (χ2v) is 9.54. The number of carbonyl (C=O) groups is 1. The highest BCUT2D eigenvalue weighted by atomic mass is 32.2. The Labute approximate surface area is 147 Å². The molecule has 4 rings (SSSR count). The summed E-state index contributed by atoms with van der Waals surface area (Å²) in [4.78, 5) is 11.7. The molecule has 25 heavy (non-hydrogen) atoms. The van der Waals surface area contributed by atoms with E-state index in [-0.39, 0.29) is 18.2 Å². The molecule has 2 fully saturated rings. The van der Waals surface area contributed by atoms with Crippen molar-refractivity contribution in [2.24, 2.45) is 11.3 Å². The van der Waals surface area contributed by atoms with Crippen LogP contribution in [0.3, 0.4) is 0 Å². The Bertz CT molecular complexity index is 806. The van der Waals surface area contributed by atoms with Crippen LogP contribution in [0.5, 0.6) is 5.75 Å². The quantitative estimate of drug-likeness (QED) is 0.858. The van der Waals surface area contributed by atoms with Gasteiger partial charge in [0.15, 0.2) is 0 Å². The molecule has 1 aromatic rings. The fraction of sp³-hybridized carbons (Fsp3) is 0.611. The molecule has 2 atom stereocenters. The number of fused-ring (bicyclic) bond motifs is 2. The van der Waals surface area contributed by atoms with E-state index < -0.39 is 21.4 Å². The molecule has 2 aliphatic heterocycles. The van der Waals surface area contributed by atoms with Gasteiger partial charge in [0.1, 0.15) is 5.75 Å². The number of ether oxygens (including phenoxy) is 1. The van der Waals surface area contributed by atoms with E-state index in [0.29, 0.717) is 26.0 Å². The molecule has 1 aromatic carbocycles. The Hall–Kier alpha value is -1.60. The standard InChI is InChI=1S/C18H23NO5S/c20-17(21)18-7-1-2-15(18)11-19(12-18)25(22,23)9-6-13-3-4-16-14(10-13)5-8-24-16/h3-4,10,15H,1-2,5-9,11-12H2,(H,20,21)/t15-,18+/m0/s1. The van der Waals surface area contributed by atoms with E-state index in [0.717, 1.165) is 36.1 Å². The highest BCUT2D eigenvalue weighted by Gasteiger charge is 2.56. The minimum Gasteiger partial charge on any atom is -0.493 e. The number of hydrogen-bond acceptors (Lipinski definition) is 4. The normalized spacial score (nSPS) is 28.6. The summed E-state index contributed by atoms with van der Waals surface area (Å²) in [6.45, 7) is 1.17. The van der Waals surface area contributed by atoms with Crippen LogP contribution in [0.25, 0.3) is 0 Å². The van der Waals surface area contributed by atoms with E-state index in [2.05, 4.69) is 0 Å². The molecule has 2 heterocycles. The molecule has 1 saturated heterocycles. The first-order valence-electron chi connectivity index (χ1n) is 8.86. The summed E-state index contributed by atoms with van der Waals surface area (Å²) in [5.41, 5.74) is 1.26. The molecule has 0 spiro atoms. The maximum absolute atomic E-state index is 12.7. The van der Waals surface area contributed by atoms with Gasteiger partial charge in [0.05, 0.1) is 17.8 Å². The number of carboxylic acid groups (broad SMARTS) is 1. The molecule has 136 valence electrons. The molecule has 0 aromatic heterocycles. The van der Waals surface area contributed by atoms with E-state index in [1.165, 1.54) is 4.31 Å². The molecule has 3 aliphatic rings. The van der Waals surface area contributed by atoms with E-state index in [1.807, 2.05) is 18.2 Å². The number of rotatable bonds is 5. The van der Waals surface area contributed by atoms with Crippen molar-refractivity contribution in [3.05, 3.63) is 29.3 Å². The van der Waals surface area contributed by atoms with Crippen molar-refractivity contribution in [2.75, 3.05) is 25.4 Å². The second-order valence-electron chi connectivity index (χ2n) is 7.45. The van der Waals surface area contributed by atoms with Gasteiger partial charge in [0, 0.05) is 19.5 Å². The fourth-order valence-electron chi connectivity index (χ4n) is 4.58. The fourth-order valence-corrected chi connectivity index (χ4v) is 6.16. The van der Waals surface area contributed by atoms with Gasteiger partial charge in [-0.1, -0.05) is 18.6 Å². The first-order valence-corrected chi connectivity index (χ1v) is 10.5. The molecule has 0 unspecified atom stereocenters. The van der Waals surface area contributed by atoms with Crippen LogP contribution in [0.2, 0.25) is 0 Å². The molecule has 1 aliphatic carbocycles. The van der Waals surface area contributed by atoms with Crippen LogP contribution in [0, 0.1) is 11.3 Å². The van der Waals surface area contributed by atoms with Gasteiger partial charge in [-0.05, 0) is 42.4 Å². The first-order chi connectivity index (χ1) is 11.9. The molecule has 1 N–H and O–H groups in total. The summed E-state index contributed by atoms with van der Waals surface area (Å²) in [5, 5.41) is 9.62. The zero-order valence-electron chi connectivity index (χ0n) is 14.1. The smallest absolute Gasteiger partial charge is 0.311 e. The van der Waals surface area contributed by atoms with Gasteiger partial charge in [0.2, 0.25) is 10.0 Å². The molecule has 1 saturated carbocycles. The lowest BCUT2D eigenvalue weighted by atomic mass is 9.81. The molecular weight excluding hydrogens is 342 g/mol. The van der Waals surface area contributed by atoms with E-state index in [9.17, 15) is 18.3 Å². The Morgan fingerprint density at radius 3 is 3.00 bits per heavy atom. The van der Waals surface area contributed by atoms with E-state index in [1.54, 1.807) is 0 Å². The maximum atomic E-state index is 12.7. The number of nitrogens with zero attached hydrogens (tertiary/aromatic N) is 1. The number of aliphatic carboxylic acids is 1. The van der Waals surface area contributed by atoms with Crippen molar-refractivity contribution >= 4 is 16.0 Å². The van der Waals surface area contributed by atoms with Crippen LogP contribution in [-0.2, 0) is 27.7 Å². The van der Waals surface area contributed by atoms with Gasteiger partial charge in [-0.15, -0.1) is 0 Å². The molecule has 0 radical (unpaired) electrons. The number of carboxylic acids is 1. The average Bonchev–Trinajstić information content (AvgIpc) is 3.25. The van der Waals surface area contributed by atoms with Crippen LogP contribution < -0.4 is 4.74 Å². The Morgan fingerprint density at radius 2 is 2.24 bits per heavy atom. The van der Waals surface area contributed by atoms with E-state index in [4.69, 9.17) is 4.74 Å². The highest BCUT2D eigenvalue weighted by molar-refractivity contribution is 7.89. The van der Waals surface area contributed by atoms with Crippen LogP contribution in [0.15, 0.2) is 18.2 Å². The largest absolute Gasteiger partial charge is 0.493 e. The molecule has 6 nitrogen and oxygen atoms in total. The van der Waals surface area contributed by atoms with Crippen LogP contribution >= 0.6 is 0 Å². The Morgan fingerprint density at radius 1 is 1.40 bits per heavy atom. The maximum Gasteiger partial charge on any atom is 0.311 e. The van der Waals surface area contributed by atoms with Gasteiger partial charge in [-0.2, -0.15) is 0 Å². The van der Waals surface area contributed by atoms with Crippen molar-refractivity contribution in [3.63, 3.8) is 0 Å². The zero-order valence-corrected chi connectivity index (χ0v) is 14.9. The topological polar surface area (TPSA) is 83.9 Å². The number of sulfonamides is 1. The summed E-state index contributed by atoms with van der Waals surface area (Å²) in [5.74, 6) is 0.0281. The Balaban J connectivity index is 1.45. The lowest BCUT2D eigenvalue weighted by molar-refractivity contribution is -0.149. The summed E-state index contributed by atoms with van der Waals surface area (Å²) in [6.07, 6.45) is 3.58. The first kappa shape index (κ1) is 16.8. The third-order valence-corrected chi connectivity index (χ3v) is 7.85. The van der Waals surface area contributed by atoms with E-state index >= 15 is 0 Å². The van der Waals surface area contributed by atoms with Crippen molar-refractivity contribution in [2.45, 2.75) is 32.1 Å². The van der Waals surface area contributed by atoms with Gasteiger partial charge in [-0.25, -0.2) is 12.7 Å². The van der Waals surface area contributed by atoms with Crippen LogP contribution in [0.4, 0.5) is 0 Å². The minimum atomic E-state index is -3.45. The lowest BCUT2D eigenvalue weighted by Gasteiger charge is -2.23. The number of hydrogen-bond donors (Lipinski definition) is 1. The molecule has 0 amide bonds. The van der Waals surface area contributed by atoms with Crippen molar-refractivity contribution in [3.8, 4) is 5.75 Å². The molecule has 0 bridgehead atoms. The highest BCUT2D eigenvalue weighted by Crippen LogP contribution is 2.49. The van der Waals surface area contributed by atoms with Gasteiger partial charge in [-0.3, -0.25) is 4.79 Å². The number of benzene rings is 1. The zero-order chi connectivity index (χ0) is 17.7. The van der Waals surface area contributed by atoms with Gasteiger partial charge >= 0.3 is 5.97 Å². The molecule has 7 heteroatoms. The Kier molecular flexibility index (Phi) is 4.03. The van der Waals surface area contributed by atoms with Crippen molar-refractivity contribution in [1.29, 1.82) is 0 Å². The van der Waals surface area contributed by atoms with Crippen LogP contribution in [-0.4, -0.2) is 49.2 Å². The SMILES string of the molecule is O=C(O)[C@@]12CCC[C@H]1CN(S(=O)(=O)CCc1ccc3c(c1)CCO3)C2. The second kappa shape index (κ2) is 5.99. The number of aryl methyl sites for hydroxylation is 1. The van der Waals surface area contributed by atoms with Crippen molar-refractivity contribution < 1.29 is 23.1 Å². The predicted octanol–water partition coefficient (Wildman–Crippen LogP) is 1.68. The monoisotopic (exact) mass is 365 g/mol. The summed E-state index contributed by atoms with van der Waals surface area (Å²) in [7, 11) is -3.45. The van der Waals surface area contributed by atoms with Gasteiger partial charge in [0.25, 0.3) is 0 Å². The average molecular weight is 365 g/mol. The van der Waals surface area contributed by atoms with Crippen molar-refractivity contribution in [1.82, 2.24) is 4.31 Å². The predicted molar refractivity (Wildman–Crippen MR) is 92.1 cm³/mol. The third-order valence-electron chi connectivity index (χ3n) is 6.06. The lowest BCUT2D eigenvalue weighted by Crippen LogP contribution is -2.38. The summed E-state index contributed by atoms with van der Waals surface area (Å²) < 4.78 is 32.4. The minimum absolute atomic E-state index is 0.0229. The van der Waals surface area contributed by atoms with Gasteiger partial charge < -0.3 is 9.84 Å². The summed E-state index contributed by atoms with van der Waals surface area (Å²) in [6, 6.07) is 5.84.